The van der Waals surface area contributed by atoms with Gasteiger partial charge in [0.1, 0.15) is 17.8 Å². The van der Waals surface area contributed by atoms with Crippen molar-refractivity contribution in [1.82, 2.24) is 10.2 Å². The van der Waals surface area contributed by atoms with Crippen molar-refractivity contribution in [2.75, 3.05) is 30.4 Å². The number of nitrogens with zero attached hydrogens (tertiary/aromatic N) is 2. The second-order valence-corrected chi connectivity index (χ2v) is 9.12. The molecule has 0 radical (unpaired) electrons. The number of carbonyl (C=O) groups is 4. The van der Waals surface area contributed by atoms with Gasteiger partial charge in [-0.1, -0.05) is 18.2 Å². The minimum atomic E-state index is -1.30. The van der Waals surface area contributed by atoms with Crippen LogP contribution in [-0.2, 0) is 19.9 Å². The number of fused-ring (bicyclic) bond motifs is 1. The Hall–Kier alpha value is -4.40. The molecular weight excluding hydrogens is 460 g/mol. The first-order valence-corrected chi connectivity index (χ1v) is 11.7. The van der Waals surface area contributed by atoms with E-state index in [1.807, 2.05) is 30.3 Å². The van der Waals surface area contributed by atoms with Crippen LogP contribution in [0.1, 0.15) is 25.3 Å². The molecule has 5 amide bonds. The summed E-state index contributed by atoms with van der Waals surface area (Å²) in [6, 6.07) is 17.4. The predicted octanol–water partition coefficient (Wildman–Crippen LogP) is 3.38. The second-order valence-electron chi connectivity index (χ2n) is 9.12. The quantitative estimate of drug-likeness (QED) is 0.520. The average molecular weight is 487 g/mol. The van der Waals surface area contributed by atoms with Crippen molar-refractivity contribution in [2.24, 2.45) is 0 Å². The first kappa shape index (κ1) is 23.3. The Labute approximate surface area is 208 Å². The summed E-state index contributed by atoms with van der Waals surface area (Å²) in [5.74, 6) is -0.195. The number of carbonyl (C=O) groups excluding carboxylic acids is 4. The average Bonchev–Trinajstić information content (AvgIpc) is 3.40. The van der Waals surface area contributed by atoms with E-state index >= 15 is 0 Å². The van der Waals surface area contributed by atoms with Gasteiger partial charge >= 0.3 is 6.03 Å². The molecule has 0 aliphatic carbocycles. The van der Waals surface area contributed by atoms with Gasteiger partial charge in [-0.2, -0.15) is 0 Å². The predicted molar refractivity (Wildman–Crippen MR) is 135 cm³/mol. The van der Waals surface area contributed by atoms with E-state index in [1.165, 1.54) is 0 Å². The molecule has 2 aliphatic heterocycles. The number of urea groups is 1. The van der Waals surface area contributed by atoms with Crippen LogP contribution in [0.25, 0.3) is 10.8 Å². The van der Waals surface area contributed by atoms with Gasteiger partial charge in [0.05, 0.1) is 7.11 Å². The maximum absolute atomic E-state index is 13.3. The zero-order valence-corrected chi connectivity index (χ0v) is 20.0. The number of ether oxygens (including phenoxy) is 1. The van der Waals surface area contributed by atoms with Gasteiger partial charge in [0.25, 0.3) is 5.91 Å². The van der Waals surface area contributed by atoms with Gasteiger partial charge in [0.2, 0.25) is 11.8 Å². The summed E-state index contributed by atoms with van der Waals surface area (Å²) < 4.78 is 5.26. The van der Waals surface area contributed by atoms with Crippen molar-refractivity contribution in [3.63, 3.8) is 0 Å². The Balaban J connectivity index is 1.28. The standard InChI is InChI=1S/C27H26N4O5/c1-27(19-7-5-18-15-22(36-2)12-6-17(18)14-19)25(34)31(26(35)29-27)16-23(32)28-20-8-10-21(11-9-20)30-13-3-4-24(30)33/h5-12,14-15H,3-4,13,16H2,1-2H3,(H,28,32)(H,29,35)/t27-/m0/s1. The van der Waals surface area contributed by atoms with Crippen molar-refractivity contribution in [3.8, 4) is 5.75 Å². The zero-order chi connectivity index (χ0) is 25.4. The third kappa shape index (κ3) is 4.13. The summed E-state index contributed by atoms with van der Waals surface area (Å²) in [7, 11) is 1.60. The van der Waals surface area contributed by atoms with Crippen LogP contribution >= 0.6 is 0 Å². The first-order chi connectivity index (χ1) is 17.3. The van der Waals surface area contributed by atoms with Crippen LogP contribution in [0.2, 0.25) is 0 Å². The van der Waals surface area contributed by atoms with E-state index in [0.29, 0.717) is 24.2 Å². The number of hydrogen-bond acceptors (Lipinski definition) is 5. The number of anilines is 2. The number of imide groups is 1. The highest BCUT2D eigenvalue weighted by atomic mass is 16.5. The fraction of sp³-hybridized carbons (Fsp3) is 0.259. The molecule has 2 saturated heterocycles. The normalized spacial score (nSPS) is 19.7. The molecule has 184 valence electrons. The smallest absolute Gasteiger partial charge is 0.325 e. The van der Waals surface area contributed by atoms with Crippen LogP contribution in [0.5, 0.6) is 5.75 Å². The van der Waals surface area contributed by atoms with Crippen molar-refractivity contribution < 1.29 is 23.9 Å². The Bertz CT molecular complexity index is 1390. The molecule has 9 nitrogen and oxygen atoms in total. The van der Waals surface area contributed by atoms with E-state index < -0.39 is 29.9 Å². The van der Waals surface area contributed by atoms with Gasteiger partial charge in [-0.25, -0.2) is 4.79 Å². The number of nitrogens with one attached hydrogen (secondary N) is 2. The molecule has 2 N–H and O–H groups in total. The van der Waals surface area contributed by atoms with E-state index in [4.69, 9.17) is 4.74 Å². The van der Waals surface area contributed by atoms with E-state index in [9.17, 15) is 19.2 Å². The lowest BCUT2D eigenvalue weighted by Gasteiger charge is -2.22. The van der Waals surface area contributed by atoms with Crippen LogP contribution in [0, 0.1) is 0 Å². The highest BCUT2D eigenvalue weighted by Crippen LogP contribution is 2.32. The Morgan fingerprint density at radius 2 is 1.75 bits per heavy atom. The summed E-state index contributed by atoms with van der Waals surface area (Å²) in [5, 5.41) is 7.29. The Morgan fingerprint density at radius 1 is 1.03 bits per heavy atom. The number of methoxy groups -OCH3 is 1. The van der Waals surface area contributed by atoms with E-state index in [0.717, 1.165) is 33.5 Å². The largest absolute Gasteiger partial charge is 0.497 e. The molecule has 0 spiro atoms. The molecule has 3 aromatic carbocycles. The van der Waals surface area contributed by atoms with Crippen LogP contribution < -0.4 is 20.3 Å². The SMILES string of the molecule is COc1ccc2cc([C@]3(C)NC(=O)N(CC(=O)Nc4ccc(N5CCCC5=O)cc4)C3=O)ccc2c1. The monoisotopic (exact) mass is 486 g/mol. The zero-order valence-electron chi connectivity index (χ0n) is 20.0. The molecule has 2 aliphatic rings. The fourth-order valence-electron chi connectivity index (χ4n) is 4.69. The highest BCUT2D eigenvalue weighted by Gasteiger charge is 2.49. The van der Waals surface area contributed by atoms with Crippen LogP contribution in [-0.4, -0.2) is 48.9 Å². The molecule has 0 saturated carbocycles. The minimum Gasteiger partial charge on any atom is -0.497 e. The number of benzene rings is 3. The molecule has 0 unspecified atom stereocenters. The van der Waals surface area contributed by atoms with Crippen LogP contribution in [0.15, 0.2) is 60.7 Å². The van der Waals surface area contributed by atoms with Gasteiger partial charge in [-0.05, 0) is 72.1 Å². The fourth-order valence-corrected chi connectivity index (χ4v) is 4.69. The van der Waals surface area contributed by atoms with Gasteiger partial charge in [-0.15, -0.1) is 0 Å². The van der Waals surface area contributed by atoms with Crippen molar-refractivity contribution in [1.29, 1.82) is 0 Å². The summed E-state index contributed by atoms with van der Waals surface area (Å²) >= 11 is 0. The van der Waals surface area contributed by atoms with Gasteiger partial charge in [-0.3, -0.25) is 19.3 Å². The molecular formula is C27H26N4O5. The van der Waals surface area contributed by atoms with E-state index in [-0.39, 0.29) is 5.91 Å². The van der Waals surface area contributed by atoms with Crippen molar-refractivity contribution in [3.05, 3.63) is 66.2 Å². The van der Waals surface area contributed by atoms with Crippen molar-refractivity contribution in [2.45, 2.75) is 25.3 Å². The molecule has 1 atom stereocenters. The third-order valence-corrected chi connectivity index (χ3v) is 6.74. The lowest BCUT2D eigenvalue weighted by atomic mass is 9.90. The van der Waals surface area contributed by atoms with Crippen LogP contribution in [0.3, 0.4) is 0 Å². The Morgan fingerprint density at radius 3 is 2.44 bits per heavy atom. The van der Waals surface area contributed by atoms with Gasteiger partial charge < -0.3 is 20.3 Å². The third-order valence-electron chi connectivity index (χ3n) is 6.74. The van der Waals surface area contributed by atoms with Gasteiger partial charge in [0, 0.05) is 24.3 Å². The number of hydrogen-bond donors (Lipinski definition) is 2. The Kier molecular flexibility index (Phi) is 5.83. The van der Waals surface area contributed by atoms with Gasteiger partial charge in [0.15, 0.2) is 0 Å². The molecule has 2 heterocycles. The minimum absolute atomic E-state index is 0.0829. The molecule has 0 aromatic heterocycles. The van der Waals surface area contributed by atoms with E-state index in [2.05, 4.69) is 10.6 Å². The maximum atomic E-state index is 13.3. The summed E-state index contributed by atoms with van der Waals surface area (Å²) in [5.41, 5.74) is 0.605. The lowest BCUT2D eigenvalue weighted by Crippen LogP contribution is -2.42. The molecule has 5 rings (SSSR count). The number of amides is 5. The first-order valence-electron chi connectivity index (χ1n) is 11.7. The van der Waals surface area contributed by atoms with Crippen LogP contribution in [0.4, 0.5) is 16.2 Å². The maximum Gasteiger partial charge on any atom is 0.325 e. The van der Waals surface area contributed by atoms with Crippen molar-refractivity contribution >= 4 is 45.9 Å². The summed E-state index contributed by atoms with van der Waals surface area (Å²) in [6.45, 7) is 1.90. The topological polar surface area (TPSA) is 108 Å². The molecule has 2 fully saturated rings. The molecule has 0 bridgehead atoms. The second kappa shape index (κ2) is 8.99. The molecule has 3 aromatic rings. The molecule has 36 heavy (non-hydrogen) atoms. The number of rotatable bonds is 6. The summed E-state index contributed by atoms with van der Waals surface area (Å²) in [6.07, 6.45) is 1.37. The van der Waals surface area contributed by atoms with E-state index in [1.54, 1.807) is 49.3 Å². The highest BCUT2D eigenvalue weighted by molar-refractivity contribution is 6.10. The lowest BCUT2D eigenvalue weighted by molar-refractivity contribution is -0.133. The summed E-state index contributed by atoms with van der Waals surface area (Å²) in [4.78, 5) is 53.2. The molecule has 9 heteroatoms.